The zero-order valence-corrected chi connectivity index (χ0v) is 11.1. The summed E-state index contributed by atoms with van der Waals surface area (Å²) < 4.78 is 16.1. The molecule has 0 heterocycles. The lowest BCUT2D eigenvalue weighted by atomic mass is 10.1. The SMILES string of the molecule is O=P(Cl)(Cl)Oc1cccc(-c2ccccc2)c1. The summed E-state index contributed by atoms with van der Waals surface area (Å²) in [6, 6.07) is 16.9. The van der Waals surface area contributed by atoms with E-state index in [0.717, 1.165) is 11.1 Å². The molecule has 0 unspecified atom stereocenters. The highest BCUT2D eigenvalue weighted by atomic mass is 35.9. The smallest absolute Gasteiger partial charge is 0.422 e. The Labute approximate surface area is 109 Å². The van der Waals surface area contributed by atoms with Gasteiger partial charge >= 0.3 is 6.07 Å². The van der Waals surface area contributed by atoms with Gasteiger partial charge in [-0.05, 0) is 23.3 Å². The molecule has 0 radical (unpaired) electrons. The number of hydrogen-bond acceptors (Lipinski definition) is 2. The first-order valence-corrected chi connectivity index (χ1v) is 8.32. The molecule has 0 saturated carbocycles. The van der Waals surface area contributed by atoms with Crippen LogP contribution in [-0.2, 0) is 4.57 Å². The molecule has 0 N–H and O–H groups in total. The molecular weight excluding hydrogens is 278 g/mol. The molecule has 0 aromatic heterocycles. The van der Waals surface area contributed by atoms with E-state index in [-0.39, 0.29) is 0 Å². The van der Waals surface area contributed by atoms with E-state index in [1.165, 1.54) is 0 Å². The Bertz CT molecular complexity index is 551. The highest BCUT2D eigenvalue weighted by Gasteiger charge is 2.16. The lowest BCUT2D eigenvalue weighted by Crippen LogP contribution is -1.83. The molecule has 0 aliphatic carbocycles. The molecule has 0 bridgehead atoms. The summed E-state index contributed by atoms with van der Waals surface area (Å²) in [6.45, 7) is 0. The summed E-state index contributed by atoms with van der Waals surface area (Å²) in [5, 5.41) is 0. The molecule has 0 amide bonds. The standard InChI is InChI=1S/C12H9Cl2O2P/c13-17(14,15)16-12-8-4-7-11(9-12)10-5-2-1-3-6-10/h1-9H. The van der Waals surface area contributed by atoms with Crippen molar-refractivity contribution in [3.8, 4) is 16.9 Å². The minimum absolute atomic E-state index is 0.389. The van der Waals surface area contributed by atoms with Crippen LogP contribution in [0.1, 0.15) is 0 Å². The van der Waals surface area contributed by atoms with Crippen LogP contribution < -0.4 is 4.52 Å². The first-order chi connectivity index (χ1) is 8.04. The highest BCUT2D eigenvalue weighted by Crippen LogP contribution is 2.57. The van der Waals surface area contributed by atoms with E-state index in [2.05, 4.69) is 0 Å². The van der Waals surface area contributed by atoms with Crippen molar-refractivity contribution >= 4 is 28.6 Å². The second kappa shape index (κ2) is 5.14. The summed E-state index contributed by atoms with van der Waals surface area (Å²) in [5.41, 5.74) is 1.99. The van der Waals surface area contributed by atoms with Gasteiger partial charge in [0.1, 0.15) is 5.75 Å². The number of hydrogen-bond donors (Lipinski definition) is 0. The van der Waals surface area contributed by atoms with Crippen LogP contribution in [0.5, 0.6) is 5.75 Å². The van der Waals surface area contributed by atoms with Gasteiger partial charge in [-0.25, -0.2) is 4.57 Å². The van der Waals surface area contributed by atoms with Crippen molar-refractivity contribution in [3.05, 3.63) is 54.6 Å². The van der Waals surface area contributed by atoms with Crippen LogP contribution >= 0.6 is 28.6 Å². The number of benzene rings is 2. The molecule has 5 heteroatoms. The van der Waals surface area contributed by atoms with Gasteiger partial charge < -0.3 is 4.52 Å². The van der Waals surface area contributed by atoms with Gasteiger partial charge in [0.25, 0.3) is 0 Å². The average molecular weight is 287 g/mol. The average Bonchev–Trinajstić information content (AvgIpc) is 2.28. The fraction of sp³-hybridized carbons (Fsp3) is 0. The van der Waals surface area contributed by atoms with E-state index in [0.29, 0.717) is 5.75 Å². The zero-order chi connectivity index (χ0) is 12.3. The van der Waals surface area contributed by atoms with Crippen molar-refractivity contribution in [2.24, 2.45) is 0 Å². The van der Waals surface area contributed by atoms with Crippen molar-refractivity contribution in [2.45, 2.75) is 0 Å². The van der Waals surface area contributed by atoms with Crippen LogP contribution in [0.3, 0.4) is 0 Å². The molecular formula is C12H9Cl2O2P. The predicted octanol–water partition coefficient (Wildman–Crippen LogP) is 5.32. The maximum atomic E-state index is 11.1. The Kier molecular flexibility index (Phi) is 3.78. The van der Waals surface area contributed by atoms with E-state index in [9.17, 15) is 4.57 Å². The largest absolute Gasteiger partial charge is 0.428 e. The number of halogens is 2. The molecule has 0 fully saturated rings. The third-order valence-corrected chi connectivity index (χ3v) is 2.99. The van der Waals surface area contributed by atoms with Crippen LogP contribution in [0.2, 0.25) is 0 Å². The van der Waals surface area contributed by atoms with E-state index < -0.39 is 6.07 Å². The van der Waals surface area contributed by atoms with Crippen molar-refractivity contribution < 1.29 is 9.09 Å². The van der Waals surface area contributed by atoms with E-state index in [1.807, 2.05) is 36.4 Å². The van der Waals surface area contributed by atoms with Crippen molar-refractivity contribution in [2.75, 3.05) is 0 Å². The van der Waals surface area contributed by atoms with Crippen LogP contribution in [0.4, 0.5) is 0 Å². The molecule has 0 atom stereocenters. The predicted molar refractivity (Wildman–Crippen MR) is 71.8 cm³/mol. The molecule has 0 spiro atoms. The Morgan fingerprint density at radius 2 is 1.53 bits per heavy atom. The van der Waals surface area contributed by atoms with Gasteiger partial charge in [-0.15, -0.1) is 0 Å². The van der Waals surface area contributed by atoms with E-state index in [4.69, 9.17) is 27.0 Å². The summed E-state index contributed by atoms with van der Waals surface area (Å²) in [6.07, 6.45) is -3.55. The van der Waals surface area contributed by atoms with Crippen LogP contribution in [0.25, 0.3) is 11.1 Å². The minimum atomic E-state index is -3.55. The zero-order valence-electron chi connectivity index (χ0n) is 8.72. The van der Waals surface area contributed by atoms with Gasteiger partial charge in [-0.1, -0.05) is 42.5 Å². The topological polar surface area (TPSA) is 26.3 Å². The van der Waals surface area contributed by atoms with E-state index >= 15 is 0 Å². The third kappa shape index (κ3) is 3.78. The molecule has 0 aliphatic heterocycles. The number of rotatable bonds is 3. The maximum Gasteiger partial charge on any atom is 0.428 e. The van der Waals surface area contributed by atoms with Gasteiger partial charge in [0.05, 0.1) is 0 Å². The van der Waals surface area contributed by atoms with Gasteiger partial charge in [0, 0.05) is 22.5 Å². The van der Waals surface area contributed by atoms with Gasteiger partial charge in [-0.3, -0.25) is 0 Å². The molecule has 88 valence electrons. The highest BCUT2D eigenvalue weighted by molar-refractivity contribution is 8.05. The monoisotopic (exact) mass is 286 g/mol. The van der Waals surface area contributed by atoms with Gasteiger partial charge in [0.15, 0.2) is 0 Å². The summed E-state index contributed by atoms with van der Waals surface area (Å²) in [7, 11) is 0. The summed E-state index contributed by atoms with van der Waals surface area (Å²) in [5.74, 6) is 0.389. The second-order valence-corrected chi connectivity index (χ2v) is 7.60. The minimum Gasteiger partial charge on any atom is -0.422 e. The molecule has 2 aromatic rings. The second-order valence-electron chi connectivity index (χ2n) is 3.40. The van der Waals surface area contributed by atoms with Gasteiger partial charge in [0.2, 0.25) is 0 Å². The first-order valence-electron chi connectivity index (χ1n) is 4.89. The van der Waals surface area contributed by atoms with Crippen LogP contribution in [0, 0.1) is 0 Å². The fourth-order valence-corrected chi connectivity index (χ4v) is 2.32. The summed E-state index contributed by atoms with van der Waals surface area (Å²) >= 11 is 10.7. The van der Waals surface area contributed by atoms with Crippen molar-refractivity contribution in [1.82, 2.24) is 0 Å². The first kappa shape index (κ1) is 12.5. The Balaban J connectivity index is 2.32. The molecule has 17 heavy (non-hydrogen) atoms. The van der Waals surface area contributed by atoms with Gasteiger partial charge in [-0.2, -0.15) is 0 Å². The lowest BCUT2D eigenvalue weighted by molar-refractivity contribution is 0.513. The van der Waals surface area contributed by atoms with Crippen LogP contribution in [-0.4, -0.2) is 0 Å². The quantitative estimate of drug-likeness (QED) is 0.714. The molecule has 0 saturated heterocycles. The Morgan fingerprint density at radius 1 is 0.882 bits per heavy atom. The molecule has 2 aromatic carbocycles. The molecule has 0 aliphatic rings. The molecule has 2 nitrogen and oxygen atoms in total. The normalized spacial score (nSPS) is 11.2. The Hall–Kier alpha value is -0.950. The maximum absolute atomic E-state index is 11.1. The van der Waals surface area contributed by atoms with Crippen molar-refractivity contribution in [1.29, 1.82) is 0 Å². The fourth-order valence-electron chi connectivity index (χ4n) is 1.49. The lowest BCUT2D eigenvalue weighted by Gasteiger charge is -2.08. The van der Waals surface area contributed by atoms with Crippen molar-refractivity contribution in [3.63, 3.8) is 0 Å². The molecule has 2 rings (SSSR count). The van der Waals surface area contributed by atoms with E-state index in [1.54, 1.807) is 18.2 Å². The third-order valence-electron chi connectivity index (χ3n) is 2.15. The Morgan fingerprint density at radius 3 is 2.18 bits per heavy atom. The summed E-state index contributed by atoms with van der Waals surface area (Å²) in [4.78, 5) is 0. The van der Waals surface area contributed by atoms with Crippen LogP contribution in [0.15, 0.2) is 54.6 Å².